The summed E-state index contributed by atoms with van der Waals surface area (Å²) in [7, 11) is 0. The van der Waals surface area contributed by atoms with Gasteiger partial charge in [0.05, 0.1) is 0 Å². The van der Waals surface area contributed by atoms with Crippen LogP contribution >= 0.6 is 0 Å². The molecule has 0 spiro atoms. The van der Waals surface area contributed by atoms with Crippen molar-refractivity contribution in [2.75, 3.05) is 6.54 Å². The van der Waals surface area contributed by atoms with Gasteiger partial charge in [0.15, 0.2) is 0 Å². The van der Waals surface area contributed by atoms with Crippen molar-refractivity contribution >= 4 is 5.78 Å². The molecule has 0 bridgehead atoms. The smallest absolute Gasteiger partial charge is 0.140 e. The summed E-state index contributed by atoms with van der Waals surface area (Å²) in [6.07, 6.45) is 2.08. The van der Waals surface area contributed by atoms with Crippen molar-refractivity contribution in [2.24, 2.45) is 11.7 Å². The summed E-state index contributed by atoms with van der Waals surface area (Å²) < 4.78 is 12.7. The minimum absolute atomic E-state index is 0.0357. The molecule has 1 rings (SSSR count). The highest BCUT2D eigenvalue weighted by Gasteiger charge is 2.12. The summed E-state index contributed by atoms with van der Waals surface area (Å²) in [6.45, 7) is 2.54. The predicted molar refractivity (Wildman–Crippen MR) is 62.6 cm³/mol. The highest BCUT2D eigenvalue weighted by molar-refractivity contribution is 5.82. The van der Waals surface area contributed by atoms with Gasteiger partial charge in [-0.1, -0.05) is 19.1 Å². The second-order valence-electron chi connectivity index (χ2n) is 4.10. The summed E-state index contributed by atoms with van der Waals surface area (Å²) in [5.41, 5.74) is 6.26. The summed E-state index contributed by atoms with van der Waals surface area (Å²) in [6, 6.07) is 6.08. The number of ketones is 1. The van der Waals surface area contributed by atoms with Crippen LogP contribution in [0.4, 0.5) is 4.39 Å². The molecule has 0 aliphatic rings. The van der Waals surface area contributed by atoms with Crippen molar-refractivity contribution in [3.63, 3.8) is 0 Å². The van der Waals surface area contributed by atoms with Gasteiger partial charge in [0.25, 0.3) is 0 Å². The molecule has 16 heavy (non-hydrogen) atoms. The molecule has 1 atom stereocenters. The molecule has 0 aromatic heterocycles. The van der Waals surface area contributed by atoms with E-state index >= 15 is 0 Å². The van der Waals surface area contributed by atoms with Crippen LogP contribution < -0.4 is 5.73 Å². The Morgan fingerprint density at radius 2 is 2.00 bits per heavy atom. The third kappa shape index (κ3) is 4.11. The van der Waals surface area contributed by atoms with Crippen LogP contribution in [0.2, 0.25) is 0 Å². The van der Waals surface area contributed by atoms with Gasteiger partial charge < -0.3 is 5.73 Å². The van der Waals surface area contributed by atoms with Crippen LogP contribution in [0, 0.1) is 11.7 Å². The third-order valence-electron chi connectivity index (χ3n) is 2.68. The van der Waals surface area contributed by atoms with Crippen LogP contribution in [-0.2, 0) is 11.2 Å². The first-order chi connectivity index (χ1) is 7.63. The van der Waals surface area contributed by atoms with Gasteiger partial charge in [-0.3, -0.25) is 4.79 Å². The Labute approximate surface area is 95.7 Å². The number of carbonyl (C=O) groups is 1. The molecule has 1 unspecified atom stereocenters. The third-order valence-corrected chi connectivity index (χ3v) is 2.68. The van der Waals surface area contributed by atoms with E-state index in [0.29, 0.717) is 13.0 Å². The van der Waals surface area contributed by atoms with Crippen LogP contribution in [0.5, 0.6) is 0 Å². The number of hydrogen-bond acceptors (Lipinski definition) is 2. The summed E-state index contributed by atoms with van der Waals surface area (Å²) in [5, 5.41) is 0. The Balaban J connectivity index is 2.47. The molecule has 0 saturated heterocycles. The maximum atomic E-state index is 12.7. The van der Waals surface area contributed by atoms with Gasteiger partial charge in [0.1, 0.15) is 11.6 Å². The lowest BCUT2D eigenvalue weighted by Crippen LogP contribution is -2.15. The van der Waals surface area contributed by atoms with E-state index in [0.717, 1.165) is 18.4 Å². The predicted octanol–water partition coefficient (Wildman–Crippen LogP) is 2.31. The van der Waals surface area contributed by atoms with E-state index in [2.05, 4.69) is 0 Å². The van der Waals surface area contributed by atoms with Gasteiger partial charge in [-0.2, -0.15) is 0 Å². The lowest BCUT2D eigenvalue weighted by Gasteiger charge is -2.09. The average Bonchev–Trinajstić information content (AvgIpc) is 2.29. The monoisotopic (exact) mass is 223 g/mol. The number of rotatable bonds is 6. The first-order valence-corrected chi connectivity index (χ1v) is 5.60. The molecule has 0 amide bonds. The standard InChI is InChI=1S/C13H18FNO/c1-10(3-2-8-15)13(16)9-11-4-6-12(14)7-5-11/h4-7,10H,2-3,8-9,15H2,1H3. The molecule has 0 saturated carbocycles. The molecule has 0 aliphatic carbocycles. The number of benzene rings is 1. The second-order valence-corrected chi connectivity index (χ2v) is 4.10. The minimum Gasteiger partial charge on any atom is -0.330 e. The zero-order valence-electron chi connectivity index (χ0n) is 9.58. The van der Waals surface area contributed by atoms with E-state index in [1.54, 1.807) is 12.1 Å². The van der Waals surface area contributed by atoms with Crippen molar-refractivity contribution in [3.8, 4) is 0 Å². The van der Waals surface area contributed by atoms with Gasteiger partial charge in [0.2, 0.25) is 0 Å². The molecule has 0 heterocycles. The fraction of sp³-hybridized carbons (Fsp3) is 0.462. The summed E-state index contributed by atoms with van der Waals surface area (Å²) >= 11 is 0. The van der Waals surface area contributed by atoms with Crippen LogP contribution in [0.15, 0.2) is 24.3 Å². The average molecular weight is 223 g/mol. The molecular weight excluding hydrogens is 205 g/mol. The first-order valence-electron chi connectivity index (χ1n) is 5.60. The second kappa shape index (κ2) is 6.38. The Morgan fingerprint density at radius 3 is 2.56 bits per heavy atom. The Kier molecular flexibility index (Phi) is 5.12. The fourth-order valence-corrected chi connectivity index (χ4v) is 1.56. The summed E-state index contributed by atoms with van der Waals surface area (Å²) in [5.74, 6) is -0.0407. The largest absolute Gasteiger partial charge is 0.330 e. The van der Waals surface area contributed by atoms with Crippen molar-refractivity contribution < 1.29 is 9.18 Å². The fourth-order valence-electron chi connectivity index (χ4n) is 1.56. The highest BCUT2D eigenvalue weighted by atomic mass is 19.1. The lowest BCUT2D eigenvalue weighted by atomic mass is 9.95. The molecular formula is C13H18FNO. The van der Waals surface area contributed by atoms with Crippen molar-refractivity contribution in [1.82, 2.24) is 0 Å². The Bertz CT molecular complexity index is 334. The number of nitrogens with two attached hydrogens (primary N) is 1. The molecule has 1 aromatic carbocycles. The van der Waals surface area contributed by atoms with E-state index in [4.69, 9.17) is 5.73 Å². The van der Waals surface area contributed by atoms with Gasteiger partial charge in [-0.15, -0.1) is 0 Å². The van der Waals surface area contributed by atoms with Crippen molar-refractivity contribution in [1.29, 1.82) is 0 Å². The normalized spacial score (nSPS) is 12.4. The topological polar surface area (TPSA) is 43.1 Å². The number of hydrogen-bond donors (Lipinski definition) is 1. The zero-order chi connectivity index (χ0) is 12.0. The van der Waals surface area contributed by atoms with E-state index in [9.17, 15) is 9.18 Å². The Morgan fingerprint density at radius 1 is 1.38 bits per heavy atom. The molecule has 0 fully saturated rings. The van der Waals surface area contributed by atoms with Gasteiger partial charge in [0, 0.05) is 12.3 Å². The van der Waals surface area contributed by atoms with E-state index < -0.39 is 0 Å². The van der Waals surface area contributed by atoms with Crippen molar-refractivity contribution in [2.45, 2.75) is 26.2 Å². The number of carbonyl (C=O) groups excluding carboxylic acids is 1. The maximum Gasteiger partial charge on any atom is 0.140 e. The van der Waals surface area contributed by atoms with Gasteiger partial charge in [-0.25, -0.2) is 4.39 Å². The van der Waals surface area contributed by atoms with Crippen LogP contribution in [0.3, 0.4) is 0 Å². The molecule has 2 nitrogen and oxygen atoms in total. The molecule has 88 valence electrons. The molecule has 1 aromatic rings. The molecule has 0 aliphatic heterocycles. The number of halogens is 1. The lowest BCUT2D eigenvalue weighted by molar-refractivity contribution is -0.121. The van der Waals surface area contributed by atoms with Crippen LogP contribution in [-0.4, -0.2) is 12.3 Å². The van der Waals surface area contributed by atoms with E-state index in [-0.39, 0.29) is 17.5 Å². The van der Waals surface area contributed by atoms with Crippen LogP contribution in [0.1, 0.15) is 25.3 Å². The van der Waals surface area contributed by atoms with Gasteiger partial charge in [-0.05, 0) is 37.1 Å². The van der Waals surface area contributed by atoms with Crippen molar-refractivity contribution in [3.05, 3.63) is 35.6 Å². The minimum atomic E-state index is -0.271. The first kappa shape index (κ1) is 12.8. The zero-order valence-corrected chi connectivity index (χ0v) is 9.58. The molecule has 3 heteroatoms. The summed E-state index contributed by atoms with van der Waals surface area (Å²) in [4.78, 5) is 11.8. The maximum absolute atomic E-state index is 12.7. The van der Waals surface area contributed by atoms with E-state index in [1.807, 2.05) is 6.92 Å². The van der Waals surface area contributed by atoms with Gasteiger partial charge >= 0.3 is 0 Å². The molecule has 0 radical (unpaired) electrons. The molecule has 2 N–H and O–H groups in total. The number of Topliss-reactive ketones (excluding diaryl/α,β-unsaturated/α-hetero) is 1. The van der Waals surface area contributed by atoms with Crippen LogP contribution in [0.25, 0.3) is 0 Å². The Hall–Kier alpha value is -1.22. The quantitative estimate of drug-likeness (QED) is 0.804. The SMILES string of the molecule is CC(CCCN)C(=O)Cc1ccc(F)cc1. The van der Waals surface area contributed by atoms with E-state index in [1.165, 1.54) is 12.1 Å². The highest BCUT2D eigenvalue weighted by Crippen LogP contribution is 2.11.